The molecule has 3 aromatic rings. The fraction of sp³-hybridized carbons (Fsp3) is 0.417. The van der Waals surface area contributed by atoms with E-state index in [-0.39, 0.29) is 17.8 Å². The summed E-state index contributed by atoms with van der Waals surface area (Å²) in [6.45, 7) is 6.27. The third-order valence-electron chi connectivity index (χ3n) is 5.75. The van der Waals surface area contributed by atoms with Gasteiger partial charge in [0.2, 0.25) is 5.91 Å². The van der Waals surface area contributed by atoms with E-state index in [0.717, 1.165) is 48.1 Å². The predicted molar refractivity (Wildman–Crippen MR) is 114 cm³/mol. The number of hydrogen-bond acceptors (Lipinski definition) is 2. The maximum Gasteiger partial charge on any atom is 0.243 e. The topological polar surface area (TPSA) is 46.9 Å². The fourth-order valence-electron chi connectivity index (χ4n) is 3.83. The molecule has 0 unspecified atom stereocenters. The molecule has 0 bridgehead atoms. The number of halogens is 1. The summed E-state index contributed by atoms with van der Waals surface area (Å²) in [5.41, 5.74) is 5.25. The van der Waals surface area contributed by atoms with Gasteiger partial charge in [-0.3, -0.25) is 4.79 Å². The van der Waals surface area contributed by atoms with Crippen LogP contribution in [0, 0.1) is 19.7 Å². The van der Waals surface area contributed by atoms with Gasteiger partial charge in [-0.25, -0.2) is 9.37 Å². The van der Waals surface area contributed by atoms with Crippen molar-refractivity contribution >= 4 is 16.9 Å². The quantitative estimate of drug-likeness (QED) is 0.614. The van der Waals surface area contributed by atoms with E-state index in [9.17, 15) is 9.18 Å². The van der Waals surface area contributed by atoms with Crippen molar-refractivity contribution in [1.29, 1.82) is 0 Å². The van der Waals surface area contributed by atoms with Crippen LogP contribution in [0.1, 0.15) is 61.2 Å². The number of benzene rings is 2. The number of amides is 1. The minimum absolute atomic E-state index is 0.0761. The van der Waals surface area contributed by atoms with E-state index in [1.54, 1.807) is 12.1 Å². The predicted octanol–water partition coefficient (Wildman–Crippen LogP) is 5.00. The molecule has 152 valence electrons. The van der Waals surface area contributed by atoms with Crippen molar-refractivity contribution in [1.82, 2.24) is 14.9 Å². The van der Waals surface area contributed by atoms with E-state index in [2.05, 4.69) is 42.8 Å². The maximum absolute atomic E-state index is 13.3. The minimum Gasteiger partial charge on any atom is -0.352 e. The molecule has 1 saturated carbocycles. The van der Waals surface area contributed by atoms with Gasteiger partial charge in [-0.05, 0) is 74.1 Å². The molecule has 1 aromatic heterocycles. The number of carbonyl (C=O) groups is 1. The molecular formula is C24H28FN3O. The fourth-order valence-corrected chi connectivity index (χ4v) is 3.83. The molecule has 1 amide bonds. The zero-order valence-corrected chi connectivity index (χ0v) is 17.3. The summed E-state index contributed by atoms with van der Waals surface area (Å²) in [5, 5.41) is 3.18. The number of rotatable bonds is 7. The average molecular weight is 394 g/mol. The Morgan fingerprint density at radius 2 is 1.90 bits per heavy atom. The number of nitrogens with one attached hydrogen (secondary N) is 1. The minimum atomic E-state index is -0.289. The molecule has 2 aromatic carbocycles. The van der Waals surface area contributed by atoms with Gasteiger partial charge in [0, 0.05) is 12.5 Å². The summed E-state index contributed by atoms with van der Waals surface area (Å²) in [5.74, 6) is 0.675. The Kier molecular flexibility index (Phi) is 5.39. The van der Waals surface area contributed by atoms with Crippen molar-refractivity contribution in [3.63, 3.8) is 0 Å². The van der Waals surface area contributed by atoms with Crippen LogP contribution in [0.2, 0.25) is 0 Å². The van der Waals surface area contributed by atoms with E-state index in [0.29, 0.717) is 12.5 Å². The zero-order valence-electron chi connectivity index (χ0n) is 17.3. The van der Waals surface area contributed by atoms with Crippen molar-refractivity contribution in [2.75, 3.05) is 0 Å². The van der Waals surface area contributed by atoms with Gasteiger partial charge < -0.3 is 9.88 Å². The monoisotopic (exact) mass is 393 g/mol. The first-order valence-corrected chi connectivity index (χ1v) is 10.5. The number of fused-ring (bicyclic) bond motifs is 1. The van der Waals surface area contributed by atoms with E-state index in [4.69, 9.17) is 4.98 Å². The molecule has 1 aliphatic carbocycles. The van der Waals surface area contributed by atoms with Gasteiger partial charge in [0.1, 0.15) is 17.7 Å². The molecule has 1 fully saturated rings. The molecule has 1 N–H and O–H groups in total. The second-order valence-corrected chi connectivity index (χ2v) is 8.21. The Labute approximate surface area is 171 Å². The maximum atomic E-state index is 13.3. The van der Waals surface area contributed by atoms with E-state index in [1.807, 2.05) is 0 Å². The Morgan fingerprint density at radius 1 is 1.21 bits per heavy atom. The van der Waals surface area contributed by atoms with Gasteiger partial charge in [0.05, 0.1) is 11.0 Å². The highest BCUT2D eigenvalue weighted by Crippen LogP contribution is 2.29. The molecular weight excluding hydrogens is 365 g/mol. The number of hydrogen-bond donors (Lipinski definition) is 1. The number of nitrogens with zero attached hydrogens (tertiary/aromatic N) is 2. The van der Waals surface area contributed by atoms with Crippen molar-refractivity contribution in [3.05, 3.63) is 64.7 Å². The SMILES string of the molecule is CCC[C@H](C(=O)NC1CC1)n1c(Cc2ccc(F)cc2)nc2cc(C)c(C)cc21. The first-order chi connectivity index (χ1) is 14.0. The average Bonchev–Trinajstić information content (AvgIpc) is 3.44. The van der Waals surface area contributed by atoms with Gasteiger partial charge in [0.15, 0.2) is 0 Å². The number of carbonyl (C=O) groups excluding carboxylic acids is 1. The number of imidazole rings is 1. The van der Waals surface area contributed by atoms with Gasteiger partial charge in [-0.15, -0.1) is 0 Å². The highest BCUT2D eigenvalue weighted by Gasteiger charge is 2.30. The first-order valence-electron chi connectivity index (χ1n) is 10.5. The van der Waals surface area contributed by atoms with Crippen LogP contribution in [-0.2, 0) is 11.2 Å². The highest BCUT2D eigenvalue weighted by molar-refractivity contribution is 5.85. The normalized spacial score (nSPS) is 14.9. The molecule has 4 nitrogen and oxygen atoms in total. The summed E-state index contributed by atoms with van der Waals surface area (Å²) < 4.78 is 15.5. The second-order valence-electron chi connectivity index (χ2n) is 8.21. The Balaban J connectivity index is 1.81. The van der Waals surface area contributed by atoms with Crippen LogP contribution in [-0.4, -0.2) is 21.5 Å². The zero-order chi connectivity index (χ0) is 20.5. The van der Waals surface area contributed by atoms with Gasteiger partial charge in [0.25, 0.3) is 0 Å². The number of aromatic nitrogens is 2. The van der Waals surface area contributed by atoms with Gasteiger partial charge in [-0.2, -0.15) is 0 Å². The van der Waals surface area contributed by atoms with E-state index in [1.165, 1.54) is 23.3 Å². The Bertz CT molecular complexity index is 1030. The largest absolute Gasteiger partial charge is 0.352 e. The third-order valence-corrected chi connectivity index (χ3v) is 5.75. The molecule has 0 saturated heterocycles. The first kappa shape index (κ1) is 19.6. The van der Waals surface area contributed by atoms with Crippen LogP contribution < -0.4 is 5.32 Å². The lowest BCUT2D eigenvalue weighted by molar-refractivity contribution is -0.124. The molecule has 0 aliphatic heterocycles. The summed E-state index contributed by atoms with van der Waals surface area (Å²) in [7, 11) is 0. The third kappa shape index (κ3) is 4.19. The van der Waals surface area contributed by atoms with Crippen LogP contribution in [0.15, 0.2) is 36.4 Å². The lowest BCUT2D eigenvalue weighted by Gasteiger charge is -2.21. The van der Waals surface area contributed by atoms with Crippen molar-refractivity contribution in [2.24, 2.45) is 0 Å². The lowest BCUT2D eigenvalue weighted by atomic mass is 10.1. The summed E-state index contributed by atoms with van der Waals surface area (Å²) in [6, 6.07) is 10.8. The van der Waals surface area contributed by atoms with Gasteiger partial charge >= 0.3 is 0 Å². The molecule has 29 heavy (non-hydrogen) atoms. The summed E-state index contributed by atoms with van der Waals surface area (Å²) in [4.78, 5) is 18.0. The standard InChI is InChI=1S/C24H28FN3O/c1-4-5-21(24(29)26-19-10-11-19)28-22-13-16(3)15(2)12-20(22)27-23(28)14-17-6-8-18(25)9-7-17/h6-9,12-13,19,21H,4-5,10-11,14H2,1-3H3,(H,26,29)/t21-/m1/s1. The van der Waals surface area contributed by atoms with Crippen molar-refractivity contribution in [2.45, 2.75) is 65.0 Å². The molecule has 0 radical (unpaired) electrons. The Hall–Kier alpha value is -2.69. The van der Waals surface area contributed by atoms with E-state index < -0.39 is 0 Å². The van der Waals surface area contributed by atoms with Crippen molar-refractivity contribution < 1.29 is 9.18 Å². The van der Waals surface area contributed by atoms with Crippen LogP contribution in [0.3, 0.4) is 0 Å². The smallest absolute Gasteiger partial charge is 0.243 e. The molecule has 4 rings (SSSR count). The van der Waals surface area contributed by atoms with Crippen LogP contribution >= 0.6 is 0 Å². The molecule has 5 heteroatoms. The summed E-state index contributed by atoms with van der Waals surface area (Å²) >= 11 is 0. The van der Waals surface area contributed by atoms with Crippen molar-refractivity contribution in [3.8, 4) is 0 Å². The number of aryl methyl sites for hydroxylation is 2. The van der Waals surface area contributed by atoms with E-state index >= 15 is 0 Å². The molecule has 1 aliphatic rings. The van der Waals surface area contributed by atoms with Crippen LogP contribution in [0.25, 0.3) is 11.0 Å². The van der Waals surface area contributed by atoms with Gasteiger partial charge in [-0.1, -0.05) is 25.5 Å². The lowest BCUT2D eigenvalue weighted by Crippen LogP contribution is -2.34. The Morgan fingerprint density at radius 3 is 2.55 bits per heavy atom. The molecule has 1 atom stereocenters. The molecule has 1 heterocycles. The van der Waals surface area contributed by atoms with Crippen LogP contribution in [0.4, 0.5) is 4.39 Å². The van der Waals surface area contributed by atoms with Crippen LogP contribution in [0.5, 0.6) is 0 Å². The second kappa shape index (κ2) is 7.97. The molecule has 0 spiro atoms. The highest BCUT2D eigenvalue weighted by atomic mass is 19.1. The summed E-state index contributed by atoms with van der Waals surface area (Å²) in [6.07, 6.45) is 4.35.